The van der Waals surface area contributed by atoms with Crippen molar-refractivity contribution in [1.29, 1.82) is 0 Å². The molecule has 6 unspecified atom stereocenters. The van der Waals surface area contributed by atoms with E-state index in [2.05, 4.69) is 169 Å². The van der Waals surface area contributed by atoms with Gasteiger partial charge in [-0.1, -0.05) is 188 Å². The fourth-order valence-electron chi connectivity index (χ4n) is 11.5. The molecule has 3 N–H and O–H groups in total. The smallest absolute Gasteiger partial charge is 0.189 e. The number of aryl methyl sites for hydroxylation is 1. The van der Waals surface area contributed by atoms with E-state index in [1.54, 1.807) is 0 Å². The van der Waals surface area contributed by atoms with Crippen LogP contribution in [0, 0.1) is 6.92 Å². The third-order valence-corrected chi connectivity index (χ3v) is 16.4. The quantitative estimate of drug-likeness (QED) is 0.0595. The minimum Gasteiger partial charge on any atom is -0.189 e. The van der Waals surface area contributed by atoms with Gasteiger partial charge in [-0.3, -0.25) is 0 Å². The molecule has 0 saturated carbocycles. The molecule has 67 heavy (non-hydrogen) atoms. The summed E-state index contributed by atoms with van der Waals surface area (Å²) < 4.78 is 0. The molecule has 0 aliphatic carbocycles. The van der Waals surface area contributed by atoms with E-state index in [1.807, 2.05) is 6.07 Å². The third-order valence-electron chi connectivity index (χ3n) is 15.4. The molecule has 4 heteroatoms. The van der Waals surface area contributed by atoms with E-state index >= 15 is 0 Å². The van der Waals surface area contributed by atoms with Crippen LogP contribution in [0.25, 0.3) is 54.9 Å². The van der Waals surface area contributed by atoms with Crippen LogP contribution < -0.4 is 5.30 Å². The Hall–Kier alpha value is -3.85. The summed E-state index contributed by atoms with van der Waals surface area (Å²) >= 11 is 0. The summed E-state index contributed by atoms with van der Waals surface area (Å²) in [6.45, 7) is 30.2. The molecule has 6 atom stereocenters. The molecule has 0 saturated heterocycles. The van der Waals surface area contributed by atoms with Gasteiger partial charge in [0, 0.05) is 11.1 Å². The van der Waals surface area contributed by atoms with E-state index in [4.69, 9.17) is 0 Å². The zero-order chi connectivity index (χ0) is 48.7. The van der Waals surface area contributed by atoms with Crippen LogP contribution >= 0.6 is 7.94 Å². The van der Waals surface area contributed by atoms with Crippen LogP contribution in [0.4, 0.5) is 0 Å². The van der Waals surface area contributed by atoms with Crippen LogP contribution in [-0.4, -0.2) is 14.7 Å². The van der Waals surface area contributed by atoms with Crippen molar-refractivity contribution in [3.05, 3.63) is 124 Å². The molecular formula is C63H86O3P+. The van der Waals surface area contributed by atoms with Crippen molar-refractivity contribution in [3.63, 3.8) is 0 Å². The molecule has 6 rings (SSSR count). The molecule has 0 aliphatic heterocycles. The Morgan fingerprint density at radius 1 is 0.388 bits per heavy atom. The summed E-state index contributed by atoms with van der Waals surface area (Å²) in [5.41, 5.74) is 15.3. The topological polar surface area (TPSA) is 60.7 Å². The van der Waals surface area contributed by atoms with Gasteiger partial charge in [0.15, 0.2) is 5.30 Å². The van der Waals surface area contributed by atoms with Gasteiger partial charge in [-0.2, -0.15) is 14.7 Å². The summed E-state index contributed by atoms with van der Waals surface area (Å²) in [7, 11) is -4.53. The average molecular weight is 922 g/mol. The Bertz CT molecular complexity index is 2600. The summed E-state index contributed by atoms with van der Waals surface area (Å²) in [4.78, 5) is 34.8. The molecular weight excluding hydrogens is 836 g/mol. The second-order valence-electron chi connectivity index (χ2n) is 21.0. The van der Waals surface area contributed by atoms with Gasteiger partial charge in [-0.15, -0.1) is 0 Å². The lowest BCUT2D eigenvalue weighted by molar-refractivity contribution is 0.347. The lowest BCUT2D eigenvalue weighted by Gasteiger charge is -2.28. The maximum atomic E-state index is 11.6. The minimum atomic E-state index is -4.53. The normalized spacial score (nSPS) is 14.9. The van der Waals surface area contributed by atoms with Crippen LogP contribution in [0.5, 0.6) is 0 Å². The largest absolute Gasteiger partial charge is 0.441 e. The van der Waals surface area contributed by atoms with Gasteiger partial charge in [0.05, 0.1) is 0 Å². The number of fused-ring (bicyclic) bond motifs is 2. The van der Waals surface area contributed by atoms with Crippen LogP contribution in [0.3, 0.4) is 0 Å². The van der Waals surface area contributed by atoms with Gasteiger partial charge in [0.25, 0.3) is 0 Å². The van der Waals surface area contributed by atoms with Gasteiger partial charge in [-0.25, -0.2) is 0 Å². The summed E-state index contributed by atoms with van der Waals surface area (Å²) in [5, 5.41) is 5.37. The van der Waals surface area contributed by atoms with Crippen molar-refractivity contribution < 1.29 is 14.7 Å². The maximum Gasteiger partial charge on any atom is 0.441 e. The Kier molecular flexibility index (Phi) is 18.2. The van der Waals surface area contributed by atoms with Gasteiger partial charge in [0.2, 0.25) is 0 Å². The highest BCUT2D eigenvalue weighted by Crippen LogP contribution is 2.54. The Balaban J connectivity index is 1.89. The van der Waals surface area contributed by atoms with Crippen molar-refractivity contribution in [2.45, 2.75) is 203 Å². The lowest BCUT2D eigenvalue weighted by atomic mass is 9.77. The van der Waals surface area contributed by atoms with Crippen molar-refractivity contribution in [2.24, 2.45) is 0 Å². The summed E-state index contributed by atoms with van der Waals surface area (Å²) in [6, 6.07) is 32.3. The number of benzene rings is 6. The maximum absolute atomic E-state index is 11.6. The van der Waals surface area contributed by atoms with Crippen molar-refractivity contribution in [1.82, 2.24) is 0 Å². The van der Waals surface area contributed by atoms with E-state index in [-0.39, 0.29) is 17.1 Å². The molecule has 0 aromatic heterocycles. The van der Waals surface area contributed by atoms with Crippen LogP contribution in [-0.2, 0) is 0 Å². The van der Waals surface area contributed by atoms with Gasteiger partial charge < -0.3 is 0 Å². The molecule has 0 aliphatic rings. The molecule has 6 aromatic carbocycles. The molecule has 0 heterocycles. The third kappa shape index (κ3) is 11.6. The second-order valence-corrected chi connectivity index (χ2v) is 22.6. The number of rotatable bonds is 22. The van der Waals surface area contributed by atoms with Gasteiger partial charge in [-0.05, 0) is 182 Å². The molecule has 0 fully saturated rings. The van der Waals surface area contributed by atoms with Gasteiger partial charge in [0.1, 0.15) is 0 Å². The van der Waals surface area contributed by atoms with Crippen molar-refractivity contribution in [3.8, 4) is 33.4 Å². The fourth-order valence-corrected chi connectivity index (χ4v) is 12.3. The van der Waals surface area contributed by atoms with E-state index in [0.717, 1.165) is 105 Å². The second kappa shape index (κ2) is 23.2. The Morgan fingerprint density at radius 2 is 0.776 bits per heavy atom. The van der Waals surface area contributed by atoms with E-state index in [0.29, 0.717) is 29.2 Å². The van der Waals surface area contributed by atoms with E-state index in [1.165, 1.54) is 60.5 Å². The predicted molar refractivity (Wildman–Crippen MR) is 296 cm³/mol. The standard InChI is InChI=1S/C63H86O3P/c1-14-20-41(8)48-32-50-36-55(45(12)24-18-5)59(38-57(50)53(34-48)43(10)22-16-3)52-30-31-61(67(64,65)66)62(47-28-26-40(7)27-29-47)63(52)60-39-58-51(37-56(60)46(13)25-19-6)33-49(42(9)21-15-2)35-54(58)44(11)23-17-4/h26-39,41-46,64-66H,14-25H2,1-13H3/q+1. The molecule has 0 bridgehead atoms. The first-order chi connectivity index (χ1) is 32.0. The van der Waals surface area contributed by atoms with E-state index in [9.17, 15) is 14.7 Å². The van der Waals surface area contributed by atoms with Crippen LogP contribution in [0.2, 0.25) is 0 Å². The monoisotopic (exact) mass is 922 g/mol. The first kappa shape index (κ1) is 52.5. The summed E-state index contributed by atoms with van der Waals surface area (Å²) in [5.74, 6) is 2.16. The highest BCUT2D eigenvalue weighted by Gasteiger charge is 2.40. The molecule has 360 valence electrons. The number of hydrogen-bond donors (Lipinski definition) is 3. The van der Waals surface area contributed by atoms with Crippen LogP contribution in [0.1, 0.15) is 235 Å². The first-order valence-electron chi connectivity index (χ1n) is 26.6. The number of hydrogen-bond acceptors (Lipinski definition) is 3. The molecule has 0 radical (unpaired) electrons. The Morgan fingerprint density at radius 3 is 1.19 bits per heavy atom. The van der Waals surface area contributed by atoms with Crippen molar-refractivity contribution in [2.75, 3.05) is 0 Å². The highest BCUT2D eigenvalue weighted by atomic mass is 31.2. The fraction of sp³-hybridized carbons (Fsp3) is 0.492. The van der Waals surface area contributed by atoms with Gasteiger partial charge >= 0.3 is 7.94 Å². The molecule has 0 spiro atoms. The zero-order valence-electron chi connectivity index (χ0n) is 43.8. The predicted octanol–water partition coefficient (Wildman–Crippen LogP) is 19.1. The minimum absolute atomic E-state index is 0.198. The molecule has 6 aromatic rings. The first-order valence-corrected chi connectivity index (χ1v) is 28.2. The van der Waals surface area contributed by atoms with E-state index < -0.39 is 7.94 Å². The van der Waals surface area contributed by atoms with Crippen LogP contribution in [0.15, 0.2) is 84.9 Å². The Labute approximate surface area is 407 Å². The average Bonchev–Trinajstić information content (AvgIpc) is 3.29. The highest BCUT2D eigenvalue weighted by molar-refractivity contribution is 7.67. The molecule has 3 nitrogen and oxygen atoms in total. The SMILES string of the molecule is CCCC(C)c1cc(C(C)CCC)c2cc(-c3ccc([P+](O)(O)O)c(-c4ccc(C)cc4)c3-c3cc4c(C(C)CCC)cc(C(C)CCC)cc4cc3C(C)CCC)c(C(C)CCC)cc2c1. The molecule has 0 amide bonds. The lowest BCUT2D eigenvalue weighted by Crippen LogP contribution is -2.15. The summed E-state index contributed by atoms with van der Waals surface area (Å²) in [6.07, 6.45) is 13.2. The van der Waals surface area contributed by atoms with Crippen molar-refractivity contribution >= 4 is 34.8 Å². The zero-order valence-corrected chi connectivity index (χ0v) is 44.7.